The molecule has 4 atom stereocenters. The summed E-state index contributed by atoms with van der Waals surface area (Å²) in [7, 11) is 0. The molecule has 3 rings (SSSR count). The number of aliphatic hydroxyl groups is 1. The maximum atomic E-state index is 11.2. The molecule has 1 N–H and O–H groups in total. The van der Waals surface area contributed by atoms with E-state index in [1.165, 1.54) is 44.9 Å². The highest BCUT2D eigenvalue weighted by molar-refractivity contribution is 5.02. The van der Waals surface area contributed by atoms with Crippen LogP contribution in [0.2, 0.25) is 0 Å². The van der Waals surface area contributed by atoms with E-state index in [1.54, 1.807) is 0 Å². The molecule has 3 aliphatic rings. The molecule has 0 aromatic heterocycles. The van der Waals surface area contributed by atoms with Gasteiger partial charge in [0.15, 0.2) is 0 Å². The van der Waals surface area contributed by atoms with Crippen molar-refractivity contribution < 1.29 is 5.11 Å². The lowest BCUT2D eigenvalue weighted by atomic mass is 9.61. The fraction of sp³-hybridized carbons (Fsp3) is 1.00. The lowest BCUT2D eigenvalue weighted by Crippen LogP contribution is -2.41. The van der Waals surface area contributed by atoms with Crippen LogP contribution in [0.1, 0.15) is 91.9 Å². The summed E-state index contributed by atoms with van der Waals surface area (Å²) in [6.07, 6.45) is 12.7. The smallest absolute Gasteiger partial charge is 0.0653 e. The Kier molecular flexibility index (Phi) is 4.67. The zero-order valence-corrected chi connectivity index (χ0v) is 15.4. The van der Waals surface area contributed by atoms with E-state index in [0.717, 1.165) is 48.9 Å². The van der Waals surface area contributed by atoms with E-state index in [1.807, 2.05) is 0 Å². The molecule has 3 aliphatic carbocycles. The van der Waals surface area contributed by atoms with Gasteiger partial charge in [-0.2, -0.15) is 0 Å². The van der Waals surface area contributed by atoms with Crippen molar-refractivity contribution in [1.82, 2.24) is 0 Å². The average Bonchev–Trinajstić information content (AvgIpc) is 2.96. The zero-order chi connectivity index (χ0) is 16.0. The lowest BCUT2D eigenvalue weighted by Gasteiger charge is -2.45. The van der Waals surface area contributed by atoms with Crippen molar-refractivity contribution in [2.24, 2.45) is 35.0 Å². The number of hydrogen-bond donors (Lipinski definition) is 1. The molecule has 22 heavy (non-hydrogen) atoms. The van der Waals surface area contributed by atoms with Crippen LogP contribution in [0.5, 0.6) is 0 Å². The van der Waals surface area contributed by atoms with Crippen LogP contribution in [-0.4, -0.2) is 10.7 Å². The van der Waals surface area contributed by atoms with E-state index < -0.39 is 0 Å². The van der Waals surface area contributed by atoms with Gasteiger partial charge in [-0.1, -0.05) is 53.4 Å². The van der Waals surface area contributed by atoms with E-state index in [2.05, 4.69) is 27.7 Å². The van der Waals surface area contributed by atoms with Gasteiger partial charge in [-0.15, -0.1) is 0 Å². The molecule has 4 unspecified atom stereocenters. The topological polar surface area (TPSA) is 20.2 Å². The Morgan fingerprint density at radius 1 is 1.00 bits per heavy atom. The second kappa shape index (κ2) is 6.11. The molecular formula is C21H38O. The van der Waals surface area contributed by atoms with Crippen LogP contribution in [0.25, 0.3) is 0 Å². The Hall–Kier alpha value is -0.0400. The summed E-state index contributed by atoms with van der Waals surface area (Å²) in [5.41, 5.74) is -0.0543. The van der Waals surface area contributed by atoms with Crippen LogP contribution in [0.4, 0.5) is 0 Å². The minimum Gasteiger partial charge on any atom is -0.390 e. The summed E-state index contributed by atoms with van der Waals surface area (Å²) in [4.78, 5) is 0. The Labute approximate surface area is 138 Å². The van der Waals surface area contributed by atoms with E-state index in [-0.39, 0.29) is 5.60 Å². The highest BCUT2D eigenvalue weighted by Crippen LogP contribution is 2.60. The second-order valence-corrected chi connectivity index (χ2v) is 10.1. The van der Waals surface area contributed by atoms with E-state index in [4.69, 9.17) is 0 Å². The van der Waals surface area contributed by atoms with Gasteiger partial charge in [0, 0.05) is 0 Å². The van der Waals surface area contributed by atoms with Gasteiger partial charge >= 0.3 is 0 Å². The van der Waals surface area contributed by atoms with Gasteiger partial charge in [-0.3, -0.25) is 0 Å². The third-order valence-electron chi connectivity index (χ3n) is 7.54. The molecule has 0 heterocycles. The molecule has 2 bridgehead atoms. The fourth-order valence-corrected chi connectivity index (χ4v) is 6.61. The molecule has 128 valence electrons. The second-order valence-electron chi connectivity index (χ2n) is 10.1. The van der Waals surface area contributed by atoms with Gasteiger partial charge in [0.2, 0.25) is 0 Å². The molecule has 0 amide bonds. The highest BCUT2D eigenvalue weighted by atomic mass is 16.3. The quantitative estimate of drug-likeness (QED) is 0.650. The van der Waals surface area contributed by atoms with Gasteiger partial charge in [0.05, 0.1) is 5.60 Å². The van der Waals surface area contributed by atoms with Crippen LogP contribution in [-0.2, 0) is 0 Å². The zero-order valence-electron chi connectivity index (χ0n) is 15.4. The predicted octanol–water partition coefficient (Wildman–Crippen LogP) is 5.81. The largest absolute Gasteiger partial charge is 0.390 e. The molecule has 3 saturated carbocycles. The summed E-state index contributed by atoms with van der Waals surface area (Å²) in [6.45, 7) is 9.79. The minimum absolute atomic E-state index is 0.312. The Morgan fingerprint density at radius 3 is 2.18 bits per heavy atom. The van der Waals surface area contributed by atoms with Gasteiger partial charge in [0.1, 0.15) is 0 Å². The van der Waals surface area contributed by atoms with Crippen LogP contribution in [0.3, 0.4) is 0 Å². The highest BCUT2D eigenvalue weighted by Gasteiger charge is 2.53. The molecule has 0 spiro atoms. The van der Waals surface area contributed by atoms with Crippen molar-refractivity contribution in [3.8, 4) is 0 Å². The summed E-state index contributed by atoms with van der Waals surface area (Å²) in [5, 5.41) is 11.2. The van der Waals surface area contributed by atoms with Gasteiger partial charge in [-0.25, -0.2) is 0 Å². The molecule has 1 heteroatoms. The standard InChI is InChI=1S/C21H38O/c1-15(2)17-11-16-12-18(17)19(13-16)20(3,4)14-21(22)9-7-5-6-8-10-21/h15-19,22H,5-14H2,1-4H3. The average molecular weight is 307 g/mol. The first-order valence-corrected chi connectivity index (χ1v) is 10.0. The van der Waals surface area contributed by atoms with Crippen LogP contribution in [0, 0.1) is 35.0 Å². The van der Waals surface area contributed by atoms with Crippen molar-refractivity contribution in [2.45, 2.75) is 97.5 Å². The van der Waals surface area contributed by atoms with Crippen molar-refractivity contribution in [3.05, 3.63) is 0 Å². The number of hydrogen-bond acceptors (Lipinski definition) is 1. The molecule has 0 aromatic rings. The number of fused-ring (bicyclic) bond motifs is 2. The number of rotatable bonds is 4. The van der Waals surface area contributed by atoms with E-state index in [0.29, 0.717) is 5.41 Å². The maximum Gasteiger partial charge on any atom is 0.0653 e. The first-order valence-electron chi connectivity index (χ1n) is 10.0. The molecule has 0 aliphatic heterocycles. The van der Waals surface area contributed by atoms with Crippen LogP contribution >= 0.6 is 0 Å². The first-order chi connectivity index (χ1) is 10.3. The maximum absolute atomic E-state index is 11.2. The predicted molar refractivity (Wildman–Crippen MR) is 93.7 cm³/mol. The lowest BCUT2D eigenvalue weighted by molar-refractivity contribution is -0.0446. The Bertz CT molecular complexity index is 375. The monoisotopic (exact) mass is 306 g/mol. The van der Waals surface area contributed by atoms with Crippen molar-refractivity contribution >= 4 is 0 Å². The third kappa shape index (κ3) is 3.25. The van der Waals surface area contributed by atoms with Crippen molar-refractivity contribution in [3.63, 3.8) is 0 Å². The molecule has 3 fully saturated rings. The Morgan fingerprint density at radius 2 is 1.64 bits per heavy atom. The van der Waals surface area contributed by atoms with Crippen LogP contribution < -0.4 is 0 Å². The Balaban J connectivity index is 1.70. The summed E-state index contributed by atoms with van der Waals surface area (Å²) in [6, 6.07) is 0. The van der Waals surface area contributed by atoms with E-state index in [9.17, 15) is 5.11 Å². The fourth-order valence-electron chi connectivity index (χ4n) is 6.61. The SMILES string of the molecule is CC(C)C1CC2CC1C(C(C)(C)CC1(O)CCCCCC1)C2. The van der Waals surface area contributed by atoms with Crippen molar-refractivity contribution in [2.75, 3.05) is 0 Å². The van der Waals surface area contributed by atoms with Gasteiger partial charge < -0.3 is 5.11 Å². The summed E-state index contributed by atoms with van der Waals surface area (Å²) in [5.74, 6) is 4.58. The normalized spacial score (nSPS) is 38.5. The van der Waals surface area contributed by atoms with E-state index >= 15 is 0 Å². The summed E-state index contributed by atoms with van der Waals surface area (Å²) >= 11 is 0. The van der Waals surface area contributed by atoms with Gasteiger partial charge in [0.25, 0.3) is 0 Å². The minimum atomic E-state index is -0.366. The van der Waals surface area contributed by atoms with Crippen LogP contribution in [0.15, 0.2) is 0 Å². The molecule has 0 aromatic carbocycles. The summed E-state index contributed by atoms with van der Waals surface area (Å²) < 4.78 is 0. The molecule has 1 nitrogen and oxygen atoms in total. The molecule has 0 saturated heterocycles. The first kappa shape index (κ1) is 16.8. The molecule has 0 radical (unpaired) electrons. The third-order valence-corrected chi connectivity index (χ3v) is 7.54. The molecular weight excluding hydrogens is 268 g/mol. The van der Waals surface area contributed by atoms with Gasteiger partial charge in [-0.05, 0) is 73.5 Å². The van der Waals surface area contributed by atoms with Crippen molar-refractivity contribution in [1.29, 1.82) is 0 Å².